The number of fused-ring (bicyclic) bond motifs is 1. The Labute approximate surface area is 161 Å². The van der Waals surface area contributed by atoms with E-state index in [1.165, 1.54) is 12.1 Å². The van der Waals surface area contributed by atoms with Gasteiger partial charge >= 0.3 is 0 Å². The molecule has 1 fully saturated rings. The molecular weight excluding hydrogens is 361 g/mol. The summed E-state index contributed by atoms with van der Waals surface area (Å²) >= 11 is 0. The quantitative estimate of drug-likeness (QED) is 0.746. The van der Waals surface area contributed by atoms with Gasteiger partial charge in [0.25, 0.3) is 0 Å². The SMILES string of the molecule is O[C@H]1CCN(c2ccnc(N3CCc4onc(-c5cccc(F)c5)c4C3)n2)C1. The summed E-state index contributed by atoms with van der Waals surface area (Å²) in [5.74, 6) is 1.99. The molecule has 3 aromatic rings. The van der Waals surface area contributed by atoms with Crippen molar-refractivity contribution in [3.05, 3.63) is 53.7 Å². The van der Waals surface area contributed by atoms with Crippen LogP contribution in [0.1, 0.15) is 17.7 Å². The van der Waals surface area contributed by atoms with Gasteiger partial charge in [-0.05, 0) is 24.6 Å². The normalized spacial score (nSPS) is 19.1. The van der Waals surface area contributed by atoms with Gasteiger partial charge in [-0.1, -0.05) is 17.3 Å². The third-order valence-electron chi connectivity index (χ3n) is 5.32. The predicted octanol–water partition coefficient (Wildman–Crippen LogP) is 2.40. The number of rotatable bonds is 3. The monoisotopic (exact) mass is 381 g/mol. The molecule has 0 aliphatic carbocycles. The summed E-state index contributed by atoms with van der Waals surface area (Å²) in [6.45, 7) is 2.65. The summed E-state index contributed by atoms with van der Waals surface area (Å²) in [5, 5.41) is 14.0. The molecule has 0 amide bonds. The van der Waals surface area contributed by atoms with Crippen molar-refractivity contribution in [3.63, 3.8) is 0 Å². The molecule has 2 aliphatic heterocycles. The second-order valence-electron chi connectivity index (χ2n) is 7.22. The lowest BCUT2D eigenvalue weighted by Crippen LogP contribution is -2.32. The first-order valence-corrected chi connectivity index (χ1v) is 9.42. The molecule has 5 rings (SSSR count). The van der Waals surface area contributed by atoms with Crippen LogP contribution in [0.25, 0.3) is 11.3 Å². The second-order valence-corrected chi connectivity index (χ2v) is 7.22. The Bertz CT molecular complexity index is 1010. The summed E-state index contributed by atoms with van der Waals surface area (Å²) < 4.78 is 19.1. The highest BCUT2D eigenvalue weighted by atomic mass is 19.1. The van der Waals surface area contributed by atoms with Crippen LogP contribution in [0.2, 0.25) is 0 Å². The van der Waals surface area contributed by atoms with Gasteiger partial charge in [0, 0.05) is 43.4 Å². The first-order chi connectivity index (χ1) is 13.7. The van der Waals surface area contributed by atoms with Gasteiger partial charge in [0.2, 0.25) is 5.95 Å². The van der Waals surface area contributed by atoms with E-state index in [1.807, 2.05) is 12.1 Å². The minimum atomic E-state index is -0.304. The molecule has 1 aromatic carbocycles. The highest BCUT2D eigenvalue weighted by Crippen LogP contribution is 2.32. The van der Waals surface area contributed by atoms with Crippen LogP contribution in [0.15, 0.2) is 41.1 Å². The zero-order chi connectivity index (χ0) is 19.1. The third kappa shape index (κ3) is 3.09. The van der Waals surface area contributed by atoms with Crippen LogP contribution in [0.5, 0.6) is 0 Å². The summed E-state index contributed by atoms with van der Waals surface area (Å²) in [6.07, 6.45) is 2.89. The number of hydrogen-bond donors (Lipinski definition) is 1. The molecule has 0 bridgehead atoms. The van der Waals surface area contributed by atoms with Crippen LogP contribution in [0.4, 0.5) is 16.2 Å². The molecule has 0 unspecified atom stereocenters. The number of aliphatic hydroxyl groups is 1. The van der Waals surface area contributed by atoms with Crippen molar-refractivity contribution in [2.24, 2.45) is 0 Å². The van der Waals surface area contributed by atoms with Gasteiger partial charge in [0.05, 0.1) is 12.6 Å². The molecule has 1 saturated heterocycles. The van der Waals surface area contributed by atoms with Crippen molar-refractivity contribution < 1.29 is 14.0 Å². The van der Waals surface area contributed by atoms with Crippen molar-refractivity contribution in [2.45, 2.75) is 25.5 Å². The van der Waals surface area contributed by atoms with Crippen molar-refractivity contribution >= 4 is 11.8 Å². The van der Waals surface area contributed by atoms with E-state index in [4.69, 9.17) is 9.51 Å². The topological polar surface area (TPSA) is 78.5 Å². The van der Waals surface area contributed by atoms with Gasteiger partial charge in [0.15, 0.2) is 0 Å². The highest BCUT2D eigenvalue weighted by Gasteiger charge is 2.27. The maximum absolute atomic E-state index is 13.6. The lowest BCUT2D eigenvalue weighted by atomic mass is 10.0. The molecular formula is C20H20FN5O2. The van der Waals surface area contributed by atoms with E-state index in [0.717, 1.165) is 36.7 Å². The number of benzene rings is 1. The number of aromatic nitrogens is 3. The molecule has 1 N–H and O–H groups in total. The largest absolute Gasteiger partial charge is 0.391 e. The van der Waals surface area contributed by atoms with Gasteiger partial charge in [-0.15, -0.1) is 0 Å². The molecule has 4 heterocycles. The van der Waals surface area contributed by atoms with E-state index in [9.17, 15) is 9.50 Å². The van der Waals surface area contributed by atoms with E-state index >= 15 is 0 Å². The standard InChI is InChI=1S/C20H20FN5O2/c21-14-3-1-2-13(10-14)19-16-12-26(9-6-17(16)28-24-19)20-22-7-4-18(23-20)25-8-5-15(27)11-25/h1-4,7,10,15,27H,5-6,8-9,11-12H2/t15-/m0/s1. The average Bonchev–Trinajstić information content (AvgIpc) is 3.34. The fourth-order valence-electron chi connectivity index (χ4n) is 3.86. The van der Waals surface area contributed by atoms with Gasteiger partial charge in [-0.2, -0.15) is 4.98 Å². The first-order valence-electron chi connectivity index (χ1n) is 9.42. The smallest absolute Gasteiger partial charge is 0.227 e. The number of β-amino-alcohol motifs (C(OH)–C–C–N with tert-alkyl or cyclic N) is 1. The minimum Gasteiger partial charge on any atom is -0.391 e. The number of aliphatic hydroxyl groups excluding tert-OH is 1. The van der Waals surface area contributed by atoms with E-state index in [-0.39, 0.29) is 11.9 Å². The Morgan fingerprint density at radius 1 is 1.18 bits per heavy atom. The molecule has 0 radical (unpaired) electrons. The Balaban J connectivity index is 1.43. The number of anilines is 2. The summed E-state index contributed by atoms with van der Waals surface area (Å²) in [7, 11) is 0. The molecule has 144 valence electrons. The van der Waals surface area contributed by atoms with Gasteiger partial charge in [0.1, 0.15) is 23.1 Å². The summed E-state index contributed by atoms with van der Waals surface area (Å²) in [4.78, 5) is 13.3. The first kappa shape index (κ1) is 17.1. The summed E-state index contributed by atoms with van der Waals surface area (Å²) in [6, 6.07) is 8.25. The molecule has 7 nitrogen and oxygen atoms in total. The number of hydrogen-bond acceptors (Lipinski definition) is 7. The van der Waals surface area contributed by atoms with Crippen LogP contribution in [-0.2, 0) is 13.0 Å². The Morgan fingerprint density at radius 3 is 2.93 bits per heavy atom. The third-order valence-corrected chi connectivity index (χ3v) is 5.32. The van der Waals surface area contributed by atoms with Crippen LogP contribution < -0.4 is 9.80 Å². The molecule has 2 aliphatic rings. The molecule has 2 aromatic heterocycles. The van der Waals surface area contributed by atoms with E-state index in [1.54, 1.807) is 12.3 Å². The zero-order valence-corrected chi connectivity index (χ0v) is 15.3. The van der Waals surface area contributed by atoms with Crippen LogP contribution in [0.3, 0.4) is 0 Å². The summed E-state index contributed by atoms with van der Waals surface area (Å²) in [5.41, 5.74) is 2.31. The van der Waals surface area contributed by atoms with Gasteiger partial charge in [-0.3, -0.25) is 0 Å². The van der Waals surface area contributed by atoms with E-state index in [0.29, 0.717) is 36.7 Å². The number of nitrogens with zero attached hydrogens (tertiary/aromatic N) is 5. The molecule has 8 heteroatoms. The zero-order valence-electron chi connectivity index (χ0n) is 15.3. The molecule has 0 saturated carbocycles. The minimum absolute atomic E-state index is 0.300. The maximum Gasteiger partial charge on any atom is 0.227 e. The van der Waals surface area contributed by atoms with Crippen LogP contribution in [0, 0.1) is 5.82 Å². The van der Waals surface area contributed by atoms with Crippen LogP contribution in [-0.4, -0.2) is 46.0 Å². The maximum atomic E-state index is 13.6. The number of halogens is 1. The Morgan fingerprint density at radius 2 is 2.11 bits per heavy atom. The fraction of sp³-hybridized carbons (Fsp3) is 0.350. The van der Waals surface area contributed by atoms with Gasteiger partial charge in [-0.25, -0.2) is 9.37 Å². The van der Waals surface area contributed by atoms with Crippen LogP contribution >= 0.6 is 0 Å². The van der Waals surface area contributed by atoms with Crippen molar-refractivity contribution in [1.82, 2.24) is 15.1 Å². The predicted molar refractivity (Wildman–Crippen MR) is 102 cm³/mol. The Kier molecular flexibility index (Phi) is 4.20. The second kappa shape index (κ2) is 6.87. The molecule has 1 atom stereocenters. The van der Waals surface area contributed by atoms with Crippen molar-refractivity contribution in [3.8, 4) is 11.3 Å². The van der Waals surface area contributed by atoms with E-state index < -0.39 is 0 Å². The van der Waals surface area contributed by atoms with Crippen molar-refractivity contribution in [1.29, 1.82) is 0 Å². The molecule has 28 heavy (non-hydrogen) atoms. The Hall–Kier alpha value is -3.00. The lowest BCUT2D eigenvalue weighted by molar-refractivity contribution is 0.198. The fourth-order valence-corrected chi connectivity index (χ4v) is 3.86. The average molecular weight is 381 g/mol. The lowest BCUT2D eigenvalue weighted by Gasteiger charge is -2.27. The highest BCUT2D eigenvalue weighted by molar-refractivity contribution is 5.64. The molecule has 0 spiro atoms. The van der Waals surface area contributed by atoms with Crippen molar-refractivity contribution in [2.75, 3.05) is 29.4 Å². The van der Waals surface area contributed by atoms with E-state index in [2.05, 4.69) is 19.9 Å². The van der Waals surface area contributed by atoms with Gasteiger partial charge < -0.3 is 19.4 Å².